The molecule has 1 fully saturated rings. The molecular weight excluding hydrogens is 320 g/mol. The van der Waals surface area contributed by atoms with Crippen LogP contribution in [0.15, 0.2) is 48.0 Å². The van der Waals surface area contributed by atoms with Crippen molar-refractivity contribution >= 4 is 23.5 Å². The summed E-state index contributed by atoms with van der Waals surface area (Å²) < 4.78 is 0. The van der Waals surface area contributed by atoms with Crippen molar-refractivity contribution in [2.45, 2.75) is 13.5 Å². The molecule has 0 unspecified atom stereocenters. The third kappa shape index (κ3) is 4.26. The van der Waals surface area contributed by atoms with Gasteiger partial charge in [-0.15, -0.1) is 0 Å². The average molecular weight is 337 g/mol. The molecular formula is C16H17ClN2O4. The van der Waals surface area contributed by atoms with Gasteiger partial charge in [0, 0.05) is 36.9 Å². The fraction of sp³-hybridized carbons (Fsp3) is 0.250. The van der Waals surface area contributed by atoms with E-state index in [9.17, 15) is 14.7 Å². The Hall–Kier alpha value is -2.47. The predicted octanol–water partition coefficient (Wildman–Crippen LogP) is 2.37. The van der Waals surface area contributed by atoms with E-state index in [1.165, 1.54) is 18.0 Å². The van der Waals surface area contributed by atoms with Crippen LogP contribution in [0.4, 0.5) is 0 Å². The first-order valence-corrected chi connectivity index (χ1v) is 7.37. The largest absolute Gasteiger partial charge is 0.510 e. The molecule has 2 rings (SSSR count). The summed E-state index contributed by atoms with van der Waals surface area (Å²) in [5.74, 6) is -1.62. The maximum absolute atomic E-state index is 12.6. The van der Waals surface area contributed by atoms with E-state index in [1.807, 2.05) is 12.1 Å². The lowest BCUT2D eigenvalue weighted by molar-refractivity contribution is -0.133. The van der Waals surface area contributed by atoms with Crippen molar-refractivity contribution in [1.82, 2.24) is 9.80 Å². The minimum atomic E-state index is -1.12. The summed E-state index contributed by atoms with van der Waals surface area (Å²) in [5.41, 5.74) is 0.964. The minimum absolute atomic E-state index is 0.0794. The maximum atomic E-state index is 12.6. The first-order valence-electron chi connectivity index (χ1n) is 7.00. The van der Waals surface area contributed by atoms with Crippen LogP contribution in [-0.2, 0) is 16.1 Å². The molecule has 0 spiro atoms. The average Bonchev–Trinajstić information content (AvgIpc) is 2.47. The van der Waals surface area contributed by atoms with Gasteiger partial charge in [0.05, 0.1) is 0 Å². The number of amides is 1. The van der Waals surface area contributed by atoms with E-state index in [0.29, 0.717) is 24.7 Å². The predicted molar refractivity (Wildman–Crippen MR) is 85.7 cm³/mol. The van der Waals surface area contributed by atoms with E-state index in [1.54, 1.807) is 17.0 Å². The highest BCUT2D eigenvalue weighted by molar-refractivity contribution is 6.30. The molecule has 1 aromatic rings. The Bertz CT molecular complexity index is 680. The number of nitrogens with zero attached hydrogens (tertiary/aromatic N) is 2. The summed E-state index contributed by atoms with van der Waals surface area (Å²) >= 11 is 5.95. The molecule has 0 saturated carbocycles. The molecule has 1 aliphatic rings. The van der Waals surface area contributed by atoms with Crippen molar-refractivity contribution in [3.63, 3.8) is 0 Å². The number of aliphatic hydroxyl groups is 1. The molecule has 122 valence electrons. The Labute approximate surface area is 138 Å². The first-order chi connectivity index (χ1) is 10.9. The Morgan fingerprint density at radius 3 is 2.70 bits per heavy atom. The number of carboxylic acids is 1. The third-order valence-corrected chi connectivity index (χ3v) is 3.63. The van der Waals surface area contributed by atoms with Crippen LogP contribution in [0, 0.1) is 0 Å². The number of carbonyl (C=O) groups is 2. The minimum Gasteiger partial charge on any atom is -0.510 e. The number of allylic oxidation sites excluding steroid dienone is 1. The zero-order valence-corrected chi connectivity index (χ0v) is 13.3. The van der Waals surface area contributed by atoms with Gasteiger partial charge >= 0.3 is 5.97 Å². The SMILES string of the molecule is C/C(O)=C1/C(=O)N(Cc2cccc(Cl)c2)CCN1/C=C/C(=O)O. The first kappa shape index (κ1) is 16.9. The van der Waals surface area contributed by atoms with Gasteiger partial charge in [0.2, 0.25) is 0 Å². The number of hydrogen-bond donors (Lipinski definition) is 2. The van der Waals surface area contributed by atoms with Crippen LogP contribution in [0.5, 0.6) is 0 Å². The van der Waals surface area contributed by atoms with Gasteiger partial charge in [-0.05, 0) is 24.6 Å². The molecule has 1 heterocycles. The molecule has 1 amide bonds. The highest BCUT2D eigenvalue weighted by Crippen LogP contribution is 2.21. The van der Waals surface area contributed by atoms with Gasteiger partial charge in [0.25, 0.3) is 5.91 Å². The third-order valence-electron chi connectivity index (χ3n) is 3.39. The number of carboxylic acid groups (broad SMARTS) is 1. The Kier molecular flexibility index (Phi) is 5.28. The maximum Gasteiger partial charge on any atom is 0.329 e. The van der Waals surface area contributed by atoms with Gasteiger partial charge in [-0.25, -0.2) is 4.79 Å². The standard InChI is InChI=1S/C16H17ClN2O4/c1-11(20)15-16(23)19(8-7-18(15)6-5-14(21)22)10-12-3-2-4-13(17)9-12/h2-6,9,20H,7-8,10H2,1H3,(H,21,22)/b6-5+,15-11+. The van der Waals surface area contributed by atoms with Crippen LogP contribution in [0.2, 0.25) is 5.02 Å². The number of hydrogen-bond acceptors (Lipinski definition) is 4. The molecule has 1 aromatic carbocycles. The fourth-order valence-electron chi connectivity index (χ4n) is 2.39. The van der Waals surface area contributed by atoms with Crippen LogP contribution in [0.1, 0.15) is 12.5 Å². The number of benzene rings is 1. The molecule has 0 aliphatic carbocycles. The van der Waals surface area contributed by atoms with E-state index in [-0.39, 0.29) is 17.4 Å². The Balaban J connectivity index is 2.20. The second-order valence-corrected chi connectivity index (χ2v) is 5.57. The number of aliphatic hydroxyl groups excluding tert-OH is 1. The van der Waals surface area contributed by atoms with E-state index >= 15 is 0 Å². The molecule has 1 saturated heterocycles. The van der Waals surface area contributed by atoms with E-state index in [4.69, 9.17) is 16.7 Å². The molecule has 0 aromatic heterocycles. The molecule has 1 aliphatic heterocycles. The zero-order chi connectivity index (χ0) is 17.0. The zero-order valence-electron chi connectivity index (χ0n) is 12.6. The van der Waals surface area contributed by atoms with Crippen LogP contribution in [0.3, 0.4) is 0 Å². The van der Waals surface area contributed by atoms with Crippen molar-refractivity contribution in [2.24, 2.45) is 0 Å². The number of aliphatic carboxylic acids is 1. The van der Waals surface area contributed by atoms with Crippen molar-refractivity contribution in [3.05, 3.63) is 58.6 Å². The second kappa shape index (κ2) is 7.19. The summed E-state index contributed by atoms with van der Waals surface area (Å²) in [6.07, 6.45) is 2.22. The van der Waals surface area contributed by atoms with E-state index in [0.717, 1.165) is 11.6 Å². The topological polar surface area (TPSA) is 81.1 Å². The fourth-order valence-corrected chi connectivity index (χ4v) is 2.60. The second-order valence-electron chi connectivity index (χ2n) is 5.14. The Morgan fingerprint density at radius 2 is 2.09 bits per heavy atom. The molecule has 7 heteroatoms. The summed E-state index contributed by atoms with van der Waals surface area (Å²) in [6.45, 7) is 2.57. The van der Waals surface area contributed by atoms with E-state index in [2.05, 4.69) is 0 Å². The lowest BCUT2D eigenvalue weighted by Gasteiger charge is -2.35. The molecule has 0 radical (unpaired) electrons. The van der Waals surface area contributed by atoms with Gasteiger partial charge in [0.15, 0.2) is 0 Å². The van der Waals surface area contributed by atoms with Gasteiger partial charge < -0.3 is 20.0 Å². The van der Waals surface area contributed by atoms with E-state index < -0.39 is 5.97 Å². The summed E-state index contributed by atoms with van der Waals surface area (Å²) in [5, 5.41) is 19.1. The number of piperazine rings is 1. The molecule has 0 bridgehead atoms. The number of carbonyl (C=O) groups excluding carboxylic acids is 1. The van der Waals surface area contributed by atoms with Crippen molar-refractivity contribution in [3.8, 4) is 0 Å². The van der Waals surface area contributed by atoms with Crippen LogP contribution in [-0.4, -0.2) is 45.0 Å². The van der Waals surface area contributed by atoms with Gasteiger partial charge in [0.1, 0.15) is 11.5 Å². The van der Waals surface area contributed by atoms with Crippen LogP contribution < -0.4 is 0 Å². The van der Waals surface area contributed by atoms with Crippen LogP contribution >= 0.6 is 11.6 Å². The summed E-state index contributed by atoms with van der Waals surface area (Å²) in [4.78, 5) is 26.2. The van der Waals surface area contributed by atoms with Gasteiger partial charge in [-0.3, -0.25) is 4.79 Å². The van der Waals surface area contributed by atoms with Crippen LogP contribution in [0.25, 0.3) is 0 Å². The normalized spacial score (nSPS) is 17.7. The quantitative estimate of drug-likeness (QED) is 0.651. The van der Waals surface area contributed by atoms with Crippen molar-refractivity contribution in [1.29, 1.82) is 0 Å². The highest BCUT2D eigenvalue weighted by Gasteiger charge is 2.30. The lowest BCUT2D eigenvalue weighted by Crippen LogP contribution is -2.46. The number of rotatable bonds is 4. The summed E-state index contributed by atoms with van der Waals surface area (Å²) in [7, 11) is 0. The molecule has 2 N–H and O–H groups in total. The molecule has 6 nitrogen and oxygen atoms in total. The monoisotopic (exact) mass is 336 g/mol. The van der Waals surface area contributed by atoms with Gasteiger partial charge in [-0.2, -0.15) is 0 Å². The molecule has 0 atom stereocenters. The lowest BCUT2D eigenvalue weighted by atomic mass is 10.1. The highest BCUT2D eigenvalue weighted by atomic mass is 35.5. The van der Waals surface area contributed by atoms with Crippen molar-refractivity contribution in [2.75, 3.05) is 13.1 Å². The van der Waals surface area contributed by atoms with Gasteiger partial charge in [-0.1, -0.05) is 23.7 Å². The Morgan fingerprint density at radius 1 is 1.35 bits per heavy atom. The van der Waals surface area contributed by atoms with Crippen molar-refractivity contribution < 1.29 is 19.8 Å². The smallest absolute Gasteiger partial charge is 0.329 e. The number of halogens is 1. The summed E-state index contributed by atoms with van der Waals surface area (Å²) in [6, 6.07) is 7.21. The molecule has 23 heavy (non-hydrogen) atoms.